The highest BCUT2D eigenvalue weighted by Gasteiger charge is 2.25. The van der Waals surface area contributed by atoms with Gasteiger partial charge in [-0.2, -0.15) is 0 Å². The zero-order valence-electron chi connectivity index (χ0n) is 14.8. The van der Waals surface area contributed by atoms with E-state index in [9.17, 15) is 14.0 Å². The zero-order valence-corrected chi connectivity index (χ0v) is 15.5. The number of carbonyl (C=O) groups is 2. The summed E-state index contributed by atoms with van der Waals surface area (Å²) < 4.78 is 13.9. The lowest BCUT2D eigenvalue weighted by Gasteiger charge is -2.31. The molecule has 0 radical (unpaired) electrons. The van der Waals surface area contributed by atoms with Gasteiger partial charge >= 0.3 is 0 Å². The summed E-state index contributed by atoms with van der Waals surface area (Å²) in [5.74, 6) is -0.939. The van der Waals surface area contributed by atoms with E-state index in [-0.39, 0.29) is 17.6 Å². The highest BCUT2D eigenvalue weighted by atomic mass is 35.5. The Balaban J connectivity index is 1.50. The first kappa shape index (κ1) is 19.3. The number of nitrogens with two attached hydrogens (primary N) is 1. The van der Waals surface area contributed by atoms with Crippen LogP contribution in [0.1, 0.15) is 28.8 Å². The van der Waals surface area contributed by atoms with Gasteiger partial charge in [-0.3, -0.25) is 14.5 Å². The molecule has 5 nitrogen and oxygen atoms in total. The van der Waals surface area contributed by atoms with Crippen LogP contribution in [0.4, 0.5) is 10.1 Å². The SMILES string of the molecule is NC(=O)c1ccc(NC(=O)C2CCN(Cc3ccc(Cl)cc3F)CC2)cc1. The van der Waals surface area contributed by atoms with Crippen LogP contribution >= 0.6 is 11.6 Å². The molecule has 0 saturated carbocycles. The van der Waals surface area contributed by atoms with Gasteiger partial charge in [-0.15, -0.1) is 0 Å². The van der Waals surface area contributed by atoms with E-state index in [0.717, 1.165) is 13.1 Å². The van der Waals surface area contributed by atoms with Crippen molar-refractivity contribution < 1.29 is 14.0 Å². The van der Waals surface area contributed by atoms with Crippen molar-refractivity contribution in [1.82, 2.24) is 4.90 Å². The number of likely N-dealkylation sites (tertiary alicyclic amines) is 1. The first-order valence-electron chi connectivity index (χ1n) is 8.79. The minimum absolute atomic E-state index is 0.0425. The fraction of sp³-hybridized carbons (Fsp3) is 0.300. The van der Waals surface area contributed by atoms with Gasteiger partial charge in [-0.25, -0.2) is 4.39 Å². The molecule has 7 heteroatoms. The third-order valence-electron chi connectivity index (χ3n) is 4.80. The number of hydrogen-bond acceptors (Lipinski definition) is 3. The summed E-state index contributed by atoms with van der Waals surface area (Å²) >= 11 is 5.78. The number of nitrogens with one attached hydrogen (secondary N) is 1. The maximum Gasteiger partial charge on any atom is 0.248 e. The van der Waals surface area contributed by atoms with Crippen LogP contribution in [0.25, 0.3) is 0 Å². The van der Waals surface area contributed by atoms with Gasteiger partial charge < -0.3 is 11.1 Å². The molecule has 0 aromatic heterocycles. The van der Waals surface area contributed by atoms with E-state index in [1.54, 1.807) is 36.4 Å². The highest BCUT2D eigenvalue weighted by Crippen LogP contribution is 2.23. The molecule has 27 heavy (non-hydrogen) atoms. The number of rotatable bonds is 5. The number of piperidine rings is 1. The van der Waals surface area contributed by atoms with Gasteiger partial charge in [0.05, 0.1) is 0 Å². The largest absolute Gasteiger partial charge is 0.366 e. The number of benzene rings is 2. The first-order valence-corrected chi connectivity index (χ1v) is 9.17. The molecule has 0 atom stereocenters. The number of anilines is 1. The van der Waals surface area contributed by atoms with E-state index in [4.69, 9.17) is 17.3 Å². The van der Waals surface area contributed by atoms with Gasteiger partial charge in [0.2, 0.25) is 11.8 Å². The van der Waals surface area contributed by atoms with Gasteiger partial charge in [0.25, 0.3) is 0 Å². The average molecular weight is 390 g/mol. The summed E-state index contributed by atoms with van der Waals surface area (Å²) in [5, 5.41) is 3.26. The molecule has 3 N–H and O–H groups in total. The van der Waals surface area contributed by atoms with Crippen LogP contribution in [-0.2, 0) is 11.3 Å². The van der Waals surface area contributed by atoms with Crippen LogP contribution in [0.2, 0.25) is 5.02 Å². The van der Waals surface area contributed by atoms with Crippen molar-refractivity contribution >= 4 is 29.1 Å². The Bertz CT molecular complexity index is 834. The summed E-state index contributed by atoms with van der Waals surface area (Å²) in [5.41, 5.74) is 6.85. The van der Waals surface area contributed by atoms with Crippen molar-refractivity contribution in [2.24, 2.45) is 11.7 Å². The smallest absolute Gasteiger partial charge is 0.248 e. The zero-order chi connectivity index (χ0) is 19.4. The van der Waals surface area contributed by atoms with Crippen LogP contribution in [0.15, 0.2) is 42.5 Å². The van der Waals surface area contributed by atoms with Gasteiger partial charge in [0, 0.05) is 34.3 Å². The molecular formula is C20H21ClFN3O2. The molecule has 1 aliphatic rings. The molecule has 142 valence electrons. The van der Waals surface area contributed by atoms with Crippen molar-refractivity contribution in [2.45, 2.75) is 19.4 Å². The van der Waals surface area contributed by atoms with Crippen LogP contribution in [0.5, 0.6) is 0 Å². The molecule has 1 aliphatic heterocycles. The molecule has 0 unspecified atom stereocenters. The molecular weight excluding hydrogens is 369 g/mol. The van der Waals surface area contributed by atoms with Crippen molar-refractivity contribution in [2.75, 3.05) is 18.4 Å². The van der Waals surface area contributed by atoms with Crippen LogP contribution in [-0.4, -0.2) is 29.8 Å². The molecule has 2 amide bonds. The van der Waals surface area contributed by atoms with E-state index in [1.165, 1.54) is 6.07 Å². The summed E-state index contributed by atoms with van der Waals surface area (Å²) in [6, 6.07) is 11.2. The van der Waals surface area contributed by atoms with E-state index in [2.05, 4.69) is 10.2 Å². The third-order valence-corrected chi connectivity index (χ3v) is 5.04. The maximum atomic E-state index is 13.9. The van der Waals surface area contributed by atoms with Crippen LogP contribution in [0, 0.1) is 11.7 Å². The van der Waals surface area contributed by atoms with Crippen molar-refractivity contribution in [1.29, 1.82) is 0 Å². The van der Waals surface area contributed by atoms with Gasteiger partial charge in [-0.05, 0) is 62.3 Å². The van der Waals surface area contributed by atoms with Gasteiger partial charge in [0.1, 0.15) is 5.82 Å². The Hall–Kier alpha value is -2.44. The minimum Gasteiger partial charge on any atom is -0.366 e. The molecule has 0 aliphatic carbocycles. The predicted octanol–water partition coefficient (Wildman–Crippen LogP) is 3.43. The van der Waals surface area contributed by atoms with E-state index >= 15 is 0 Å². The number of hydrogen-bond donors (Lipinski definition) is 2. The number of amides is 2. The van der Waals surface area contributed by atoms with Crippen molar-refractivity contribution in [3.8, 4) is 0 Å². The number of primary amides is 1. The molecule has 0 spiro atoms. The first-order chi connectivity index (χ1) is 12.9. The molecule has 0 bridgehead atoms. The van der Waals surface area contributed by atoms with Gasteiger partial charge in [-0.1, -0.05) is 17.7 Å². The summed E-state index contributed by atoms with van der Waals surface area (Å²) in [7, 11) is 0. The monoisotopic (exact) mass is 389 g/mol. The Morgan fingerprint density at radius 3 is 2.41 bits per heavy atom. The summed E-state index contributed by atoms with van der Waals surface area (Å²) in [4.78, 5) is 25.7. The Labute approximate surface area is 162 Å². The molecule has 3 rings (SSSR count). The average Bonchev–Trinajstić information content (AvgIpc) is 2.65. The Kier molecular flexibility index (Phi) is 6.08. The Morgan fingerprint density at radius 1 is 1.15 bits per heavy atom. The standard InChI is InChI=1S/C20H21ClFN3O2/c21-16-4-1-15(18(22)11-16)12-25-9-7-14(8-10-25)20(27)24-17-5-2-13(3-6-17)19(23)26/h1-6,11,14H,7-10,12H2,(H2,23,26)(H,24,27). The summed E-state index contributed by atoms with van der Waals surface area (Å²) in [6.45, 7) is 1.95. The second kappa shape index (κ2) is 8.50. The van der Waals surface area contributed by atoms with E-state index < -0.39 is 5.91 Å². The van der Waals surface area contributed by atoms with Crippen molar-refractivity contribution in [3.05, 3.63) is 64.4 Å². The normalized spacial score (nSPS) is 15.5. The van der Waals surface area contributed by atoms with Crippen LogP contribution < -0.4 is 11.1 Å². The lowest BCUT2D eigenvalue weighted by Crippen LogP contribution is -2.37. The number of halogens is 2. The number of nitrogens with zero attached hydrogens (tertiary/aromatic N) is 1. The third kappa shape index (κ3) is 5.05. The molecule has 1 heterocycles. The fourth-order valence-electron chi connectivity index (χ4n) is 3.21. The van der Waals surface area contributed by atoms with Crippen LogP contribution in [0.3, 0.4) is 0 Å². The van der Waals surface area contributed by atoms with Crippen molar-refractivity contribution in [3.63, 3.8) is 0 Å². The second-order valence-corrected chi connectivity index (χ2v) is 7.15. The Morgan fingerprint density at radius 2 is 1.81 bits per heavy atom. The minimum atomic E-state index is -0.502. The topological polar surface area (TPSA) is 75.4 Å². The lowest BCUT2D eigenvalue weighted by molar-refractivity contribution is -0.121. The summed E-state index contributed by atoms with van der Waals surface area (Å²) in [6.07, 6.45) is 1.42. The molecule has 1 saturated heterocycles. The highest BCUT2D eigenvalue weighted by molar-refractivity contribution is 6.30. The molecule has 2 aromatic rings. The second-order valence-electron chi connectivity index (χ2n) is 6.72. The fourth-order valence-corrected chi connectivity index (χ4v) is 3.37. The maximum absolute atomic E-state index is 13.9. The van der Waals surface area contributed by atoms with E-state index in [1.807, 2.05) is 0 Å². The lowest BCUT2D eigenvalue weighted by atomic mass is 9.95. The molecule has 1 fully saturated rings. The number of carbonyl (C=O) groups excluding carboxylic acids is 2. The quantitative estimate of drug-likeness (QED) is 0.822. The van der Waals surface area contributed by atoms with Gasteiger partial charge in [0.15, 0.2) is 0 Å². The predicted molar refractivity (Wildman–Crippen MR) is 103 cm³/mol. The molecule has 2 aromatic carbocycles. The van der Waals surface area contributed by atoms with E-state index in [0.29, 0.717) is 41.2 Å².